The van der Waals surface area contributed by atoms with E-state index in [1.165, 1.54) is 23.1 Å². The van der Waals surface area contributed by atoms with Gasteiger partial charge in [-0.15, -0.1) is 0 Å². The molecule has 0 radical (unpaired) electrons. The van der Waals surface area contributed by atoms with Crippen LogP contribution in [0.4, 0.5) is 0 Å². The number of nitrogens with zero attached hydrogens (tertiary/aromatic N) is 1. The van der Waals surface area contributed by atoms with Crippen LogP contribution in [-0.4, -0.2) is 30.9 Å². The fraction of sp³-hybridized carbons (Fsp3) is 0.176. The first kappa shape index (κ1) is 17.3. The van der Waals surface area contributed by atoms with Crippen molar-refractivity contribution in [1.29, 1.82) is 0 Å². The maximum absolute atomic E-state index is 12.4. The van der Waals surface area contributed by atoms with Gasteiger partial charge in [0.25, 0.3) is 5.91 Å². The van der Waals surface area contributed by atoms with Crippen LogP contribution in [0.25, 0.3) is 0 Å². The average Bonchev–Trinajstić information content (AvgIpc) is 2.52. The Bertz CT molecular complexity index is 717. The first-order chi connectivity index (χ1) is 10.9. The number of likely N-dealkylation sites (N-methyl/N-ethyl adjacent to an activating group) is 1. The molecule has 0 aromatic heterocycles. The van der Waals surface area contributed by atoms with E-state index in [1.807, 2.05) is 6.07 Å². The van der Waals surface area contributed by atoms with Gasteiger partial charge in [0, 0.05) is 24.7 Å². The minimum absolute atomic E-state index is 0.156. The third-order valence-corrected chi connectivity index (χ3v) is 3.69. The smallest absolute Gasteiger partial charge is 0.340 e. The minimum Gasteiger partial charge on any atom is -0.444 e. The summed E-state index contributed by atoms with van der Waals surface area (Å²) in [5.41, 5.74) is 0.744. The second kappa shape index (κ2) is 7.49. The van der Waals surface area contributed by atoms with Crippen LogP contribution in [0.5, 0.6) is 0 Å². The number of carbonyl (C=O) groups excluding carboxylic acids is 2. The van der Waals surface area contributed by atoms with Gasteiger partial charge in [-0.1, -0.05) is 53.5 Å². The van der Waals surface area contributed by atoms with Crippen molar-refractivity contribution in [3.63, 3.8) is 0 Å². The Kier molecular flexibility index (Phi) is 5.64. The summed E-state index contributed by atoms with van der Waals surface area (Å²) in [5, 5.41) is 0.585. The highest BCUT2D eigenvalue weighted by atomic mass is 35.5. The molecule has 0 fully saturated rings. The predicted molar refractivity (Wildman–Crippen MR) is 89.8 cm³/mol. The zero-order valence-corrected chi connectivity index (χ0v) is 14.1. The second-order valence-electron chi connectivity index (χ2n) is 5.05. The minimum atomic E-state index is -1.04. The van der Waals surface area contributed by atoms with Crippen LogP contribution >= 0.6 is 23.2 Å². The fourth-order valence-electron chi connectivity index (χ4n) is 1.95. The van der Waals surface area contributed by atoms with Gasteiger partial charge in [-0.2, -0.15) is 0 Å². The lowest BCUT2D eigenvalue weighted by atomic mass is 10.1. The molecule has 2 aromatic rings. The van der Waals surface area contributed by atoms with Crippen molar-refractivity contribution in [2.45, 2.75) is 6.10 Å². The van der Waals surface area contributed by atoms with E-state index in [0.29, 0.717) is 10.6 Å². The van der Waals surface area contributed by atoms with E-state index in [0.717, 1.165) is 0 Å². The standard InChI is InChI=1S/C17H15Cl2NO3/c1-20(2)16(21)15(11-6-4-3-5-7-11)23-17(22)13-9-8-12(18)10-14(13)19/h3-10,15H,1-2H3/t15-/m0/s1. The molecule has 2 rings (SSSR count). The monoisotopic (exact) mass is 351 g/mol. The summed E-state index contributed by atoms with van der Waals surface area (Å²) in [5.74, 6) is -1.02. The van der Waals surface area contributed by atoms with E-state index >= 15 is 0 Å². The normalized spacial score (nSPS) is 11.7. The van der Waals surface area contributed by atoms with Crippen LogP contribution in [-0.2, 0) is 9.53 Å². The summed E-state index contributed by atoms with van der Waals surface area (Å²) in [6.45, 7) is 0. The Labute approximate surface area is 144 Å². The molecule has 0 saturated carbocycles. The van der Waals surface area contributed by atoms with Crippen LogP contribution < -0.4 is 0 Å². The summed E-state index contributed by atoms with van der Waals surface area (Å²) < 4.78 is 5.41. The molecule has 1 atom stereocenters. The van der Waals surface area contributed by atoms with Crippen LogP contribution in [0.2, 0.25) is 10.0 Å². The van der Waals surface area contributed by atoms with Gasteiger partial charge < -0.3 is 9.64 Å². The van der Waals surface area contributed by atoms with Gasteiger partial charge in [-0.05, 0) is 18.2 Å². The number of rotatable bonds is 4. The zero-order valence-electron chi connectivity index (χ0n) is 12.6. The molecule has 0 aliphatic rings. The molecule has 0 unspecified atom stereocenters. The molecule has 120 valence electrons. The maximum Gasteiger partial charge on any atom is 0.340 e. The predicted octanol–water partition coefficient (Wildman–Crippen LogP) is 3.98. The molecule has 2 aromatic carbocycles. The number of benzene rings is 2. The quantitative estimate of drug-likeness (QED) is 0.782. The van der Waals surface area contributed by atoms with Crippen molar-refractivity contribution in [2.75, 3.05) is 14.1 Å². The average molecular weight is 352 g/mol. The molecule has 4 nitrogen and oxygen atoms in total. The molecular weight excluding hydrogens is 337 g/mol. The Morgan fingerprint density at radius 2 is 1.70 bits per heavy atom. The van der Waals surface area contributed by atoms with Crippen LogP contribution in [0.15, 0.2) is 48.5 Å². The molecule has 0 aliphatic heterocycles. The van der Waals surface area contributed by atoms with Crippen molar-refractivity contribution in [1.82, 2.24) is 4.90 Å². The van der Waals surface area contributed by atoms with Crippen molar-refractivity contribution in [2.24, 2.45) is 0 Å². The highest BCUT2D eigenvalue weighted by Crippen LogP contribution is 2.25. The number of carbonyl (C=O) groups is 2. The molecule has 0 spiro atoms. The van der Waals surface area contributed by atoms with Gasteiger partial charge in [0.2, 0.25) is 6.10 Å². The Morgan fingerprint density at radius 1 is 1.04 bits per heavy atom. The largest absolute Gasteiger partial charge is 0.444 e. The number of hydrogen-bond acceptors (Lipinski definition) is 3. The van der Waals surface area contributed by atoms with Crippen LogP contribution in [0, 0.1) is 0 Å². The first-order valence-electron chi connectivity index (χ1n) is 6.82. The Morgan fingerprint density at radius 3 is 2.26 bits per heavy atom. The first-order valence-corrected chi connectivity index (χ1v) is 7.58. The summed E-state index contributed by atoms with van der Waals surface area (Å²) >= 11 is 11.8. The van der Waals surface area contributed by atoms with E-state index < -0.39 is 12.1 Å². The molecule has 6 heteroatoms. The van der Waals surface area contributed by atoms with Gasteiger partial charge in [0.1, 0.15) is 0 Å². The van der Waals surface area contributed by atoms with Gasteiger partial charge in [-0.25, -0.2) is 4.79 Å². The third kappa shape index (κ3) is 4.24. The van der Waals surface area contributed by atoms with Gasteiger partial charge >= 0.3 is 5.97 Å². The number of esters is 1. The molecule has 0 aliphatic carbocycles. The molecule has 0 N–H and O–H groups in total. The molecular formula is C17H15Cl2NO3. The third-order valence-electron chi connectivity index (χ3n) is 3.14. The fourth-order valence-corrected chi connectivity index (χ4v) is 2.43. The number of ether oxygens (including phenoxy) is 1. The van der Waals surface area contributed by atoms with Gasteiger partial charge in [0.15, 0.2) is 0 Å². The van der Waals surface area contributed by atoms with E-state index in [2.05, 4.69) is 0 Å². The van der Waals surface area contributed by atoms with E-state index in [-0.39, 0.29) is 16.5 Å². The second-order valence-corrected chi connectivity index (χ2v) is 5.90. The van der Waals surface area contributed by atoms with Crippen molar-refractivity contribution >= 4 is 35.1 Å². The van der Waals surface area contributed by atoms with Crippen molar-refractivity contribution in [3.05, 3.63) is 69.7 Å². The van der Waals surface area contributed by atoms with Crippen molar-refractivity contribution in [3.8, 4) is 0 Å². The maximum atomic E-state index is 12.4. The summed E-state index contributed by atoms with van der Waals surface area (Å²) in [6, 6.07) is 13.3. The summed E-state index contributed by atoms with van der Waals surface area (Å²) in [4.78, 5) is 26.1. The molecule has 1 amide bonds. The molecule has 0 saturated heterocycles. The van der Waals surface area contributed by atoms with E-state index in [9.17, 15) is 9.59 Å². The highest BCUT2D eigenvalue weighted by molar-refractivity contribution is 6.36. The number of amides is 1. The molecule has 23 heavy (non-hydrogen) atoms. The Hall–Kier alpha value is -2.04. The zero-order chi connectivity index (χ0) is 17.0. The SMILES string of the molecule is CN(C)C(=O)[C@@H](OC(=O)c1ccc(Cl)cc1Cl)c1ccccc1. The lowest BCUT2D eigenvalue weighted by molar-refractivity contribution is -0.138. The summed E-state index contributed by atoms with van der Waals surface area (Å²) in [6.07, 6.45) is -1.04. The number of hydrogen-bond donors (Lipinski definition) is 0. The van der Waals surface area contributed by atoms with E-state index in [1.54, 1.807) is 38.4 Å². The van der Waals surface area contributed by atoms with Crippen molar-refractivity contribution < 1.29 is 14.3 Å². The highest BCUT2D eigenvalue weighted by Gasteiger charge is 2.27. The lowest BCUT2D eigenvalue weighted by Gasteiger charge is -2.21. The molecule has 0 heterocycles. The molecule has 0 bridgehead atoms. The van der Waals surface area contributed by atoms with Crippen LogP contribution in [0.1, 0.15) is 22.0 Å². The summed E-state index contributed by atoms with van der Waals surface area (Å²) in [7, 11) is 3.20. The Balaban J connectivity index is 2.30. The van der Waals surface area contributed by atoms with Gasteiger partial charge in [0.05, 0.1) is 10.6 Å². The van der Waals surface area contributed by atoms with Crippen LogP contribution in [0.3, 0.4) is 0 Å². The number of halogens is 2. The lowest BCUT2D eigenvalue weighted by Crippen LogP contribution is -2.31. The van der Waals surface area contributed by atoms with E-state index in [4.69, 9.17) is 27.9 Å². The topological polar surface area (TPSA) is 46.6 Å². The van der Waals surface area contributed by atoms with Gasteiger partial charge in [-0.3, -0.25) is 4.79 Å².